The van der Waals surface area contributed by atoms with Crippen LogP contribution in [0.5, 0.6) is 0 Å². The molecule has 9 heteroatoms. The molecular weight excluding hydrogens is 457 g/mol. The van der Waals surface area contributed by atoms with Crippen molar-refractivity contribution >= 4 is 41.1 Å². The fourth-order valence-electron chi connectivity index (χ4n) is 4.23. The molecule has 2 heterocycles. The second-order valence-corrected chi connectivity index (χ2v) is 8.73. The fraction of sp³-hybridized carbons (Fsp3) is 0.320. The van der Waals surface area contributed by atoms with Crippen LogP contribution in [0.15, 0.2) is 58.6 Å². The molecule has 5 rings (SSSR count). The van der Waals surface area contributed by atoms with Gasteiger partial charge in [-0.15, -0.1) is 12.4 Å². The van der Waals surface area contributed by atoms with Crippen LogP contribution in [0.2, 0.25) is 0 Å². The third kappa shape index (κ3) is 4.83. The molecule has 0 unspecified atom stereocenters. The maximum atomic E-state index is 15.1. The minimum atomic E-state index is -0.605. The van der Waals surface area contributed by atoms with E-state index in [4.69, 9.17) is 0 Å². The Bertz CT molecular complexity index is 1280. The molecule has 0 bridgehead atoms. The highest BCUT2D eigenvalue weighted by Gasteiger charge is 2.28. The Hall–Kier alpha value is -3.23. The van der Waals surface area contributed by atoms with Crippen molar-refractivity contribution in [1.29, 1.82) is 0 Å². The van der Waals surface area contributed by atoms with E-state index in [0.717, 1.165) is 44.6 Å². The number of hydrogen-bond acceptors (Lipinski definition) is 5. The zero-order chi connectivity index (χ0) is 22.9. The van der Waals surface area contributed by atoms with E-state index in [2.05, 4.69) is 22.5 Å². The van der Waals surface area contributed by atoms with Gasteiger partial charge in [0, 0.05) is 43.8 Å². The van der Waals surface area contributed by atoms with Crippen LogP contribution in [0.25, 0.3) is 10.9 Å². The third-order valence-corrected chi connectivity index (χ3v) is 6.31. The van der Waals surface area contributed by atoms with Crippen molar-refractivity contribution < 1.29 is 9.18 Å². The Balaban J connectivity index is 0.00000274. The van der Waals surface area contributed by atoms with Crippen molar-refractivity contribution in [2.24, 2.45) is 5.10 Å². The van der Waals surface area contributed by atoms with Crippen molar-refractivity contribution in [1.82, 2.24) is 14.9 Å². The van der Waals surface area contributed by atoms with Crippen LogP contribution in [0.3, 0.4) is 0 Å². The fourth-order valence-corrected chi connectivity index (χ4v) is 4.23. The number of carbonyl (C=O) groups is 1. The van der Waals surface area contributed by atoms with E-state index < -0.39 is 17.2 Å². The zero-order valence-corrected chi connectivity index (χ0v) is 19.7. The average Bonchev–Trinajstić information content (AvgIpc) is 3.66. The molecule has 0 radical (unpaired) electrons. The Morgan fingerprint density at radius 1 is 1.12 bits per heavy atom. The summed E-state index contributed by atoms with van der Waals surface area (Å²) in [4.78, 5) is 30.2. The van der Waals surface area contributed by atoms with Gasteiger partial charge in [0.2, 0.25) is 5.43 Å². The number of carbonyl (C=O) groups excluding carboxylic acids is 1. The van der Waals surface area contributed by atoms with Gasteiger partial charge in [0.15, 0.2) is 0 Å². The molecule has 1 saturated heterocycles. The van der Waals surface area contributed by atoms with Gasteiger partial charge in [-0.2, -0.15) is 5.10 Å². The summed E-state index contributed by atoms with van der Waals surface area (Å²) < 4.78 is 17.1. The molecular formula is C25H27ClFN5O2. The molecule has 1 aliphatic carbocycles. The molecule has 1 aliphatic heterocycles. The molecule has 2 fully saturated rings. The molecule has 0 atom stereocenters. The molecule has 178 valence electrons. The predicted octanol–water partition coefficient (Wildman–Crippen LogP) is 3.41. The van der Waals surface area contributed by atoms with Gasteiger partial charge in [-0.05, 0) is 37.6 Å². The Labute approximate surface area is 203 Å². The van der Waals surface area contributed by atoms with E-state index >= 15 is 4.39 Å². The minimum absolute atomic E-state index is 0. The smallest absolute Gasteiger partial charge is 0.276 e. The Kier molecular flexibility index (Phi) is 7.00. The van der Waals surface area contributed by atoms with Crippen molar-refractivity contribution in [2.75, 3.05) is 38.1 Å². The van der Waals surface area contributed by atoms with E-state index in [9.17, 15) is 9.59 Å². The lowest BCUT2D eigenvalue weighted by Crippen LogP contribution is -2.44. The number of fused-ring (bicyclic) bond motifs is 1. The number of nitrogens with zero attached hydrogens (tertiary/aromatic N) is 4. The zero-order valence-electron chi connectivity index (χ0n) is 18.9. The maximum absolute atomic E-state index is 15.1. The number of anilines is 1. The summed E-state index contributed by atoms with van der Waals surface area (Å²) in [5.41, 5.74) is 3.91. The van der Waals surface area contributed by atoms with E-state index in [-0.39, 0.29) is 29.4 Å². The lowest BCUT2D eigenvalue weighted by molar-refractivity contribution is 0.0953. The molecule has 34 heavy (non-hydrogen) atoms. The summed E-state index contributed by atoms with van der Waals surface area (Å²) in [6, 6.07) is 12.6. The molecule has 2 aliphatic rings. The summed E-state index contributed by atoms with van der Waals surface area (Å²) in [6.45, 7) is 3.17. The summed E-state index contributed by atoms with van der Waals surface area (Å²) >= 11 is 0. The molecule has 1 amide bonds. The topological polar surface area (TPSA) is 69.9 Å². The van der Waals surface area contributed by atoms with Gasteiger partial charge in [0.1, 0.15) is 11.4 Å². The number of rotatable bonds is 5. The Morgan fingerprint density at radius 3 is 2.50 bits per heavy atom. The lowest BCUT2D eigenvalue weighted by atomic mass is 10.1. The molecule has 0 spiro atoms. The summed E-state index contributed by atoms with van der Waals surface area (Å²) in [6.07, 6.45) is 5.04. The highest BCUT2D eigenvalue weighted by Crippen LogP contribution is 2.38. The monoisotopic (exact) mass is 483 g/mol. The quantitative estimate of drug-likeness (QED) is 0.446. The van der Waals surface area contributed by atoms with Crippen LogP contribution in [-0.4, -0.2) is 54.8 Å². The first kappa shape index (κ1) is 23.9. The van der Waals surface area contributed by atoms with Gasteiger partial charge in [-0.3, -0.25) is 9.59 Å². The maximum Gasteiger partial charge on any atom is 0.276 e. The number of benzene rings is 2. The lowest BCUT2D eigenvalue weighted by Gasteiger charge is -2.34. The van der Waals surface area contributed by atoms with Gasteiger partial charge in [0.25, 0.3) is 5.91 Å². The standard InChI is InChI=1S/C25H26FN5O2.ClH/c1-29-9-11-30(12-10-29)23-14-22-19(13-21(23)26)24(32)20(16-31(22)18-7-8-18)25(33)28-27-15-17-5-3-2-4-6-17;/h2-6,13-16,18H,7-12H2,1H3,(H,28,33);1H/b27-15-;. The Morgan fingerprint density at radius 2 is 1.82 bits per heavy atom. The number of nitrogens with one attached hydrogen (secondary N) is 1. The van der Waals surface area contributed by atoms with Crippen molar-refractivity contribution in [3.8, 4) is 0 Å². The van der Waals surface area contributed by atoms with Gasteiger partial charge >= 0.3 is 0 Å². The first-order valence-corrected chi connectivity index (χ1v) is 11.2. The minimum Gasteiger partial charge on any atom is -0.367 e. The average molecular weight is 484 g/mol. The predicted molar refractivity (Wildman–Crippen MR) is 135 cm³/mol. The largest absolute Gasteiger partial charge is 0.367 e. The van der Waals surface area contributed by atoms with Crippen molar-refractivity contribution in [2.45, 2.75) is 18.9 Å². The van der Waals surface area contributed by atoms with E-state index in [0.29, 0.717) is 11.2 Å². The molecule has 3 aromatic rings. The van der Waals surface area contributed by atoms with Crippen LogP contribution in [0, 0.1) is 5.82 Å². The molecule has 1 aromatic heterocycles. The van der Waals surface area contributed by atoms with Crippen molar-refractivity contribution in [3.05, 3.63) is 75.8 Å². The van der Waals surface area contributed by atoms with Crippen LogP contribution in [0.1, 0.15) is 34.8 Å². The van der Waals surface area contributed by atoms with Crippen LogP contribution < -0.4 is 15.8 Å². The first-order valence-electron chi connectivity index (χ1n) is 11.2. The number of halogens is 2. The number of hydrazone groups is 1. The SMILES string of the molecule is CN1CCN(c2cc3c(cc2F)c(=O)c(C(=O)N/N=C\c2ccccc2)cn3C2CC2)CC1.Cl. The molecule has 1 saturated carbocycles. The van der Waals surface area contributed by atoms with Crippen LogP contribution in [0.4, 0.5) is 10.1 Å². The highest BCUT2D eigenvalue weighted by atomic mass is 35.5. The molecule has 1 N–H and O–H groups in total. The number of likely N-dealkylation sites (N-methyl/N-ethyl adjacent to an activating group) is 1. The highest BCUT2D eigenvalue weighted by molar-refractivity contribution is 5.98. The molecule has 2 aromatic carbocycles. The van der Waals surface area contributed by atoms with Crippen LogP contribution in [-0.2, 0) is 0 Å². The van der Waals surface area contributed by atoms with Gasteiger partial charge < -0.3 is 14.4 Å². The second kappa shape index (κ2) is 9.95. The van der Waals surface area contributed by atoms with Gasteiger partial charge in [-0.1, -0.05) is 30.3 Å². The number of amides is 1. The normalized spacial score (nSPS) is 16.6. The third-order valence-electron chi connectivity index (χ3n) is 6.31. The number of pyridine rings is 1. The van der Waals surface area contributed by atoms with E-state index in [1.165, 1.54) is 12.3 Å². The number of aromatic nitrogens is 1. The van der Waals surface area contributed by atoms with E-state index in [1.807, 2.05) is 39.8 Å². The molecule has 7 nitrogen and oxygen atoms in total. The van der Waals surface area contributed by atoms with Crippen LogP contribution >= 0.6 is 12.4 Å². The van der Waals surface area contributed by atoms with Gasteiger partial charge in [0.05, 0.1) is 17.4 Å². The first-order chi connectivity index (χ1) is 16.0. The summed E-state index contributed by atoms with van der Waals surface area (Å²) in [5.74, 6) is -1.04. The number of hydrogen-bond donors (Lipinski definition) is 1. The second-order valence-electron chi connectivity index (χ2n) is 8.73. The van der Waals surface area contributed by atoms with Gasteiger partial charge in [-0.25, -0.2) is 9.82 Å². The summed E-state index contributed by atoms with van der Waals surface area (Å²) in [7, 11) is 2.05. The van der Waals surface area contributed by atoms with E-state index in [1.54, 1.807) is 12.3 Å². The summed E-state index contributed by atoms with van der Waals surface area (Å²) in [5, 5.41) is 4.19. The van der Waals surface area contributed by atoms with Crippen molar-refractivity contribution in [3.63, 3.8) is 0 Å². The number of piperazine rings is 1.